The molecule has 0 spiro atoms. The van der Waals surface area contributed by atoms with Gasteiger partial charge in [-0.25, -0.2) is 13.6 Å². The van der Waals surface area contributed by atoms with Gasteiger partial charge in [-0.15, -0.1) is 0 Å². The molecule has 0 fully saturated rings. The molecule has 0 aliphatic rings. The molecule has 1 rings (SSSR count). The predicted octanol–water partition coefficient (Wildman–Crippen LogP) is 1.90. The summed E-state index contributed by atoms with van der Waals surface area (Å²) in [4.78, 5) is 22.9. The van der Waals surface area contributed by atoms with E-state index < -0.39 is 23.6 Å². The van der Waals surface area contributed by atoms with Crippen LogP contribution in [0.1, 0.15) is 6.42 Å². The minimum Gasteiger partial charge on any atom is -0.481 e. The summed E-state index contributed by atoms with van der Waals surface area (Å²) >= 11 is 0. The Morgan fingerprint density at radius 3 is 2.61 bits per heavy atom. The third-order valence-corrected chi connectivity index (χ3v) is 2.18. The second-order valence-corrected chi connectivity index (χ2v) is 3.62. The number of carboxylic acid groups (broad SMARTS) is 1. The van der Waals surface area contributed by atoms with Gasteiger partial charge in [-0.3, -0.25) is 4.79 Å². The first-order chi connectivity index (χ1) is 8.40. The van der Waals surface area contributed by atoms with Gasteiger partial charge >= 0.3 is 12.0 Å². The Bertz CT molecular complexity index is 466. The van der Waals surface area contributed by atoms with Gasteiger partial charge in [0.25, 0.3) is 0 Å². The van der Waals surface area contributed by atoms with Gasteiger partial charge in [0.2, 0.25) is 0 Å². The number of carbonyl (C=O) groups excluding carboxylic acids is 1. The molecule has 5 nitrogen and oxygen atoms in total. The average Bonchev–Trinajstić information content (AvgIpc) is 2.29. The molecular formula is C11H12F2N2O3. The number of aliphatic carboxylic acids is 1. The summed E-state index contributed by atoms with van der Waals surface area (Å²) in [5.41, 5.74) is -0.163. The van der Waals surface area contributed by atoms with Crippen LogP contribution in [0.3, 0.4) is 0 Å². The second-order valence-electron chi connectivity index (χ2n) is 3.62. The Balaban J connectivity index is 2.61. The summed E-state index contributed by atoms with van der Waals surface area (Å²) in [6.07, 6.45) is -0.212. The van der Waals surface area contributed by atoms with E-state index in [1.807, 2.05) is 0 Å². The van der Waals surface area contributed by atoms with Crippen molar-refractivity contribution < 1.29 is 23.5 Å². The van der Waals surface area contributed by atoms with Crippen molar-refractivity contribution in [3.63, 3.8) is 0 Å². The largest absolute Gasteiger partial charge is 0.481 e. The van der Waals surface area contributed by atoms with Crippen LogP contribution in [-0.4, -0.2) is 35.6 Å². The molecule has 0 heterocycles. The van der Waals surface area contributed by atoms with Crippen LogP contribution < -0.4 is 5.32 Å². The summed E-state index contributed by atoms with van der Waals surface area (Å²) in [6, 6.07) is 2.08. The molecule has 0 aromatic heterocycles. The number of halogens is 2. The van der Waals surface area contributed by atoms with Crippen LogP contribution in [0.5, 0.6) is 0 Å². The number of hydrogen-bond donors (Lipinski definition) is 2. The Hall–Kier alpha value is -2.18. The lowest BCUT2D eigenvalue weighted by atomic mass is 10.3. The topological polar surface area (TPSA) is 69.6 Å². The van der Waals surface area contributed by atoms with Crippen LogP contribution >= 0.6 is 0 Å². The van der Waals surface area contributed by atoms with Crippen LogP contribution in [0.2, 0.25) is 0 Å². The average molecular weight is 258 g/mol. The summed E-state index contributed by atoms with van der Waals surface area (Å²) in [7, 11) is 1.37. The highest BCUT2D eigenvalue weighted by Crippen LogP contribution is 2.15. The zero-order valence-electron chi connectivity index (χ0n) is 9.61. The van der Waals surface area contributed by atoms with E-state index in [1.54, 1.807) is 0 Å². The van der Waals surface area contributed by atoms with Gasteiger partial charge in [-0.1, -0.05) is 0 Å². The Kier molecular flexibility index (Phi) is 4.59. The molecular weight excluding hydrogens is 246 g/mol. The third-order valence-electron chi connectivity index (χ3n) is 2.18. The Labute approximate surface area is 102 Å². The molecule has 2 N–H and O–H groups in total. The highest BCUT2D eigenvalue weighted by molar-refractivity contribution is 5.89. The van der Waals surface area contributed by atoms with E-state index in [-0.39, 0.29) is 18.7 Å². The number of carbonyl (C=O) groups is 2. The number of amides is 2. The molecule has 0 aliphatic heterocycles. The van der Waals surface area contributed by atoms with Crippen molar-refractivity contribution in [2.24, 2.45) is 0 Å². The molecule has 1 aromatic carbocycles. The van der Waals surface area contributed by atoms with Crippen LogP contribution in [0.15, 0.2) is 18.2 Å². The van der Waals surface area contributed by atoms with E-state index in [2.05, 4.69) is 5.32 Å². The van der Waals surface area contributed by atoms with Gasteiger partial charge in [-0.2, -0.15) is 0 Å². The van der Waals surface area contributed by atoms with E-state index in [1.165, 1.54) is 7.05 Å². The molecule has 0 saturated heterocycles. The molecule has 0 unspecified atom stereocenters. The molecule has 0 atom stereocenters. The number of urea groups is 1. The predicted molar refractivity (Wildman–Crippen MR) is 60.3 cm³/mol. The molecule has 0 bridgehead atoms. The third kappa shape index (κ3) is 4.00. The fraction of sp³-hybridized carbons (Fsp3) is 0.273. The maximum atomic E-state index is 13.2. The van der Waals surface area contributed by atoms with Crippen molar-refractivity contribution in [3.8, 4) is 0 Å². The fourth-order valence-electron chi connectivity index (χ4n) is 1.17. The number of hydrogen-bond acceptors (Lipinski definition) is 2. The van der Waals surface area contributed by atoms with Gasteiger partial charge in [0, 0.05) is 19.7 Å². The van der Waals surface area contributed by atoms with Crippen LogP contribution in [0.25, 0.3) is 0 Å². The molecule has 7 heteroatoms. The number of nitrogens with zero attached hydrogens (tertiary/aromatic N) is 1. The Morgan fingerprint density at radius 1 is 1.39 bits per heavy atom. The number of benzene rings is 1. The summed E-state index contributed by atoms with van der Waals surface area (Å²) in [5.74, 6) is -2.68. The first-order valence-corrected chi connectivity index (χ1v) is 5.09. The molecule has 0 radical (unpaired) electrons. The number of carboxylic acids is 1. The van der Waals surface area contributed by atoms with Crippen LogP contribution in [0.4, 0.5) is 19.3 Å². The zero-order valence-corrected chi connectivity index (χ0v) is 9.61. The van der Waals surface area contributed by atoms with Gasteiger partial charge in [-0.05, 0) is 12.1 Å². The zero-order chi connectivity index (χ0) is 13.7. The first-order valence-electron chi connectivity index (χ1n) is 5.09. The number of rotatable bonds is 4. The summed E-state index contributed by atoms with van der Waals surface area (Å²) in [5, 5.41) is 10.7. The fourth-order valence-corrected chi connectivity index (χ4v) is 1.17. The lowest BCUT2D eigenvalue weighted by Gasteiger charge is -2.17. The van der Waals surface area contributed by atoms with E-state index >= 15 is 0 Å². The van der Waals surface area contributed by atoms with E-state index in [0.29, 0.717) is 6.07 Å². The van der Waals surface area contributed by atoms with Gasteiger partial charge < -0.3 is 15.3 Å². The Morgan fingerprint density at radius 2 is 2.06 bits per heavy atom. The van der Waals surface area contributed by atoms with Crippen molar-refractivity contribution in [2.75, 3.05) is 18.9 Å². The highest BCUT2D eigenvalue weighted by Gasteiger charge is 2.12. The standard InChI is InChI=1S/C11H12F2N2O3/c1-15(5-4-10(16)17)11(18)14-9-3-2-7(12)6-8(9)13/h2-3,6H,4-5H2,1H3,(H,14,18)(H,16,17). The number of anilines is 1. The van der Waals surface area contributed by atoms with Gasteiger partial charge in [0.05, 0.1) is 12.1 Å². The maximum Gasteiger partial charge on any atom is 0.321 e. The summed E-state index contributed by atoms with van der Waals surface area (Å²) < 4.78 is 25.8. The van der Waals surface area contributed by atoms with E-state index in [9.17, 15) is 18.4 Å². The molecule has 1 aromatic rings. The number of nitrogens with one attached hydrogen (secondary N) is 1. The lowest BCUT2D eigenvalue weighted by molar-refractivity contribution is -0.137. The molecule has 18 heavy (non-hydrogen) atoms. The minimum absolute atomic E-state index is 0.00994. The van der Waals surface area contributed by atoms with Crippen LogP contribution in [-0.2, 0) is 4.79 Å². The maximum absolute atomic E-state index is 13.2. The second kappa shape index (κ2) is 5.95. The van der Waals surface area contributed by atoms with Crippen molar-refractivity contribution in [1.82, 2.24) is 4.90 Å². The van der Waals surface area contributed by atoms with Crippen molar-refractivity contribution >= 4 is 17.7 Å². The highest BCUT2D eigenvalue weighted by atomic mass is 19.1. The smallest absolute Gasteiger partial charge is 0.321 e. The molecule has 2 amide bonds. The molecule has 0 saturated carbocycles. The first kappa shape index (κ1) is 13.9. The molecule has 0 aliphatic carbocycles. The van der Waals surface area contributed by atoms with Crippen molar-refractivity contribution in [3.05, 3.63) is 29.8 Å². The van der Waals surface area contributed by atoms with Crippen LogP contribution in [0, 0.1) is 11.6 Å². The lowest BCUT2D eigenvalue weighted by Crippen LogP contribution is -2.33. The summed E-state index contributed by atoms with van der Waals surface area (Å²) in [6.45, 7) is -0.00994. The van der Waals surface area contributed by atoms with E-state index in [4.69, 9.17) is 5.11 Å². The van der Waals surface area contributed by atoms with Gasteiger partial charge in [0.1, 0.15) is 11.6 Å². The molecule has 98 valence electrons. The van der Waals surface area contributed by atoms with Crippen molar-refractivity contribution in [2.45, 2.75) is 6.42 Å². The minimum atomic E-state index is -1.04. The van der Waals surface area contributed by atoms with Gasteiger partial charge in [0.15, 0.2) is 0 Å². The quantitative estimate of drug-likeness (QED) is 0.866. The normalized spacial score (nSPS) is 9.94. The van der Waals surface area contributed by atoms with E-state index in [0.717, 1.165) is 17.0 Å². The van der Waals surface area contributed by atoms with Crippen molar-refractivity contribution in [1.29, 1.82) is 0 Å². The monoisotopic (exact) mass is 258 g/mol. The SMILES string of the molecule is CN(CCC(=O)O)C(=O)Nc1ccc(F)cc1F.